The normalized spacial score (nSPS) is 14.3. The third-order valence-corrected chi connectivity index (χ3v) is 7.37. The van der Waals surface area contributed by atoms with Gasteiger partial charge in [-0.1, -0.05) is 74.5 Å². The molecule has 0 heterocycles. The minimum atomic E-state index is -1.09. The van der Waals surface area contributed by atoms with E-state index in [4.69, 9.17) is 24.7 Å². The fraction of sp³-hybridized carbons (Fsp3) is 0.583. The van der Waals surface area contributed by atoms with E-state index in [0.717, 1.165) is 11.1 Å². The van der Waals surface area contributed by atoms with Gasteiger partial charge < -0.3 is 35.1 Å². The van der Waals surface area contributed by atoms with Crippen LogP contribution in [0.4, 0.5) is 4.79 Å². The highest BCUT2D eigenvalue weighted by Gasteiger charge is 2.41. The average Bonchev–Trinajstić information content (AvgIpc) is 3.01. The van der Waals surface area contributed by atoms with Gasteiger partial charge in [0.25, 0.3) is 5.91 Å². The lowest BCUT2D eigenvalue weighted by molar-refractivity contribution is -0.148. The second-order valence-electron chi connectivity index (χ2n) is 12.9. The zero-order valence-corrected chi connectivity index (χ0v) is 28.9. The van der Waals surface area contributed by atoms with Gasteiger partial charge in [0.2, 0.25) is 5.91 Å². The summed E-state index contributed by atoms with van der Waals surface area (Å²) < 4.78 is 21.5. The number of hydrogen-bond donors (Lipinski definition) is 3. The molecule has 0 aliphatic carbocycles. The summed E-state index contributed by atoms with van der Waals surface area (Å²) in [4.78, 5) is 42.7. The zero-order chi connectivity index (χ0) is 34.8. The summed E-state index contributed by atoms with van der Waals surface area (Å²) in [6.45, 7) is 11.0. The summed E-state index contributed by atoms with van der Waals surface area (Å²) >= 11 is 0. The fourth-order valence-electron chi connectivity index (χ4n) is 4.94. The number of benzene rings is 2. The largest absolute Gasteiger partial charge is 0.443 e. The Labute approximate surface area is 280 Å². The van der Waals surface area contributed by atoms with Crippen LogP contribution in [-0.2, 0) is 41.4 Å². The Hall–Kier alpha value is -3.19. The van der Waals surface area contributed by atoms with Crippen molar-refractivity contribution in [2.45, 2.75) is 77.7 Å². The molecule has 2 rings (SSSR count). The molecule has 0 radical (unpaired) electrons. The molecular weight excluding hydrogens is 602 g/mol. The summed E-state index contributed by atoms with van der Waals surface area (Å²) in [7, 11) is 1.60. The molecule has 0 spiro atoms. The third-order valence-electron chi connectivity index (χ3n) is 7.37. The van der Waals surface area contributed by atoms with E-state index in [9.17, 15) is 19.5 Å². The SMILES string of the molecule is COCCOCCOCCN[C@H](C(=O)N(C(=O)OC(C)(C)C)C(=O)[C@H](Cc1ccccc1)C[C@H](O)[C@@H](N)Cc1ccccc1)C(C)C. The van der Waals surface area contributed by atoms with Crippen LogP contribution >= 0.6 is 0 Å². The third kappa shape index (κ3) is 15.1. The highest BCUT2D eigenvalue weighted by molar-refractivity contribution is 6.11. The maximum absolute atomic E-state index is 14.4. The first-order valence-electron chi connectivity index (χ1n) is 16.3. The smallest absolute Gasteiger partial charge is 0.424 e. The van der Waals surface area contributed by atoms with Crippen molar-refractivity contribution in [3.05, 3.63) is 71.8 Å². The Kier molecular flexibility index (Phi) is 17.8. The van der Waals surface area contributed by atoms with E-state index >= 15 is 0 Å². The van der Waals surface area contributed by atoms with Gasteiger partial charge in [0.1, 0.15) is 5.60 Å². The van der Waals surface area contributed by atoms with Crippen LogP contribution in [0.5, 0.6) is 0 Å². The molecule has 4 atom stereocenters. The fourth-order valence-corrected chi connectivity index (χ4v) is 4.94. The van der Waals surface area contributed by atoms with Gasteiger partial charge >= 0.3 is 6.09 Å². The van der Waals surface area contributed by atoms with E-state index in [1.54, 1.807) is 27.9 Å². The van der Waals surface area contributed by atoms with Gasteiger partial charge in [-0.25, -0.2) is 4.79 Å². The number of nitrogens with two attached hydrogens (primary N) is 1. The number of rotatable bonds is 20. The van der Waals surface area contributed by atoms with Crippen LogP contribution in [-0.4, -0.2) is 98.4 Å². The monoisotopic (exact) mass is 657 g/mol. The standard InChI is InChI=1S/C36H55N3O8/c1-26(2)32(38-17-18-45-21-22-46-20-19-44-6)34(42)39(35(43)47-36(3,4)5)33(41)29(23-27-13-9-7-10-14-27)25-31(40)30(37)24-28-15-11-8-12-16-28/h7-16,26,29-32,38,40H,17-25,37H2,1-6H3/t29-,30+,31+,32+/m1/s1. The molecule has 0 aromatic heterocycles. The number of hydrogen-bond acceptors (Lipinski definition) is 10. The Morgan fingerprint density at radius 2 is 1.36 bits per heavy atom. The summed E-state index contributed by atoms with van der Waals surface area (Å²) in [5.74, 6) is -2.71. The highest BCUT2D eigenvalue weighted by atomic mass is 16.6. The predicted molar refractivity (Wildman–Crippen MR) is 181 cm³/mol. The Balaban J connectivity index is 2.28. The Morgan fingerprint density at radius 1 is 0.830 bits per heavy atom. The molecule has 47 heavy (non-hydrogen) atoms. The molecule has 0 fully saturated rings. The van der Waals surface area contributed by atoms with E-state index in [-0.39, 0.29) is 25.4 Å². The molecule has 0 bridgehead atoms. The highest BCUT2D eigenvalue weighted by Crippen LogP contribution is 2.23. The van der Waals surface area contributed by atoms with Gasteiger partial charge in [0.15, 0.2) is 0 Å². The molecule has 2 aromatic carbocycles. The summed E-state index contributed by atoms with van der Waals surface area (Å²) in [5, 5.41) is 14.4. The van der Waals surface area contributed by atoms with Crippen molar-refractivity contribution in [2.24, 2.45) is 17.6 Å². The van der Waals surface area contributed by atoms with Gasteiger partial charge in [-0.15, -0.1) is 0 Å². The molecule has 11 nitrogen and oxygen atoms in total. The van der Waals surface area contributed by atoms with Gasteiger partial charge in [-0.3, -0.25) is 9.59 Å². The lowest BCUT2D eigenvalue weighted by Gasteiger charge is -2.32. The first-order valence-corrected chi connectivity index (χ1v) is 16.3. The van der Waals surface area contributed by atoms with E-state index in [1.807, 2.05) is 74.5 Å². The van der Waals surface area contributed by atoms with E-state index in [0.29, 0.717) is 44.3 Å². The molecule has 11 heteroatoms. The van der Waals surface area contributed by atoms with Crippen LogP contribution < -0.4 is 11.1 Å². The van der Waals surface area contributed by atoms with Crippen molar-refractivity contribution in [3.8, 4) is 0 Å². The van der Waals surface area contributed by atoms with Crippen molar-refractivity contribution in [1.82, 2.24) is 10.2 Å². The first kappa shape index (κ1) is 40.0. The molecule has 0 unspecified atom stereocenters. The maximum Gasteiger partial charge on any atom is 0.424 e. The van der Waals surface area contributed by atoms with Crippen molar-refractivity contribution in [3.63, 3.8) is 0 Å². The number of carbonyl (C=O) groups is 3. The van der Waals surface area contributed by atoms with Gasteiger partial charge in [-0.2, -0.15) is 4.90 Å². The van der Waals surface area contributed by atoms with E-state index < -0.39 is 47.6 Å². The summed E-state index contributed by atoms with van der Waals surface area (Å²) in [6, 6.07) is 17.2. The molecule has 0 aliphatic rings. The van der Waals surface area contributed by atoms with E-state index in [1.165, 1.54) is 0 Å². The average molecular weight is 658 g/mol. The number of methoxy groups -OCH3 is 1. The molecule has 0 saturated heterocycles. The van der Waals surface area contributed by atoms with Crippen LogP contribution in [0.25, 0.3) is 0 Å². The number of aliphatic hydroxyl groups excluding tert-OH is 1. The van der Waals surface area contributed by atoms with Crippen LogP contribution in [0.2, 0.25) is 0 Å². The second-order valence-corrected chi connectivity index (χ2v) is 12.9. The number of carbonyl (C=O) groups excluding carboxylic acids is 3. The molecule has 0 saturated carbocycles. The molecule has 4 N–H and O–H groups in total. The summed E-state index contributed by atoms with van der Waals surface area (Å²) in [6.07, 6.45) is -1.64. The maximum atomic E-state index is 14.4. The predicted octanol–water partition coefficient (Wildman–Crippen LogP) is 3.75. The lowest BCUT2D eigenvalue weighted by atomic mass is 9.88. The number of aliphatic hydroxyl groups is 1. The number of imide groups is 3. The number of nitrogens with zero attached hydrogens (tertiary/aromatic N) is 1. The van der Waals surface area contributed by atoms with Crippen molar-refractivity contribution >= 4 is 17.9 Å². The van der Waals surface area contributed by atoms with Gasteiger partial charge in [0.05, 0.1) is 45.2 Å². The minimum Gasteiger partial charge on any atom is -0.443 e. The topological polar surface area (TPSA) is 150 Å². The molecule has 0 aliphatic heterocycles. The zero-order valence-electron chi connectivity index (χ0n) is 28.9. The molecule has 3 amide bonds. The Morgan fingerprint density at radius 3 is 1.89 bits per heavy atom. The number of amides is 3. The second kappa shape index (κ2) is 20.9. The number of nitrogens with one attached hydrogen (secondary N) is 1. The van der Waals surface area contributed by atoms with Crippen molar-refractivity contribution < 1.29 is 38.4 Å². The molecule has 2 aromatic rings. The Bertz CT molecular complexity index is 1190. The van der Waals surface area contributed by atoms with Crippen LogP contribution in [0, 0.1) is 11.8 Å². The van der Waals surface area contributed by atoms with Crippen molar-refractivity contribution in [1.29, 1.82) is 0 Å². The number of ether oxygens (including phenoxy) is 4. The van der Waals surface area contributed by atoms with Crippen LogP contribution in [0.3, 0.4) is 0 Å². The molecular formula is C36H55N3O8. The first-order chi connectivity index (χ1) is 22.3. The van der Waals surface area contributed by atoms with Crippen LogP contribution in [0.1, 0.15) is 52.2 Å². The van der Waals surface area contributed by atoms with Gasteiger partial charge in [0, 0.05) is 25.6 Å². The van der Waals surface area contributed by atoms with Gasteiger partial charge in [-0.05, 0) is 57.1 Å². The molecule has 262 valence electrons. The lowest BCUT2D eigenvalue weighted by Crippen LogP contribution is -2.56. The van der Waals surface area contributed by atoms with E-state index in [2.05, 4.69) is 5.32 Å². The van der Waals surface area contributed by atoms with Crippen LogP contribution in [0.15, 0.2) is 60.7 Å². The van der Waals surface area contributed by atoms with Crippen molar-refractivity contribution in [2.75, 3.05) is 46.7 Å². The quantitative estimate of drug-likeness (QED) is 0.180. The minimum absolute atomic E-state index is 0.0611. The summed E-state index contributed by atoms with van der Waals surface area (Å²) in [5.41, 5.74) is 7.20.